The molecule has 0 amide bonds. The molecule has 3 unspecified atom stereocenters. The molecule has 2 fully saturated rings. The molecule has 110 valence electrons. The summed E-state index contributed by atoms with van der Waals surface area (Å²) in [6.45, 7) is 9.02. The van der Waals surface area contributed by atoms with E-state index >= 15 is 0 Å². The number of hydrogen-bond donors (Lipinski definition) is 1. The molecule has 4 heteroatoms. The summed E-state index contributed by atoms with van der Waals surface area (Å²) >= 11 is 0. The van der Waals surface area contributed by atoms with E-state index in [9.17, 15) is 4.79 Å². The molecule has 0 radical (unpaired) electrons. The van der Waals surface area contributed by atoms with Crippen molar-refractivity contribution in [2.45, 2.75) is 45.6 Å². The van der Waals surface area contributed by atoms with Crippen molar-refractivity contribution in [2.75, 3.05) is 32.7 Å². The van der Waals surface area contributed by atoms with Crippen LogP contribution in [0.25, 0.3) is 0 Å². The number of ether oxygens (including phenoxy) is 1. The van der Waals surface area contributed by atoms with Crippen LogP contribution in [0.3, 0.4) is 0 Å². The summed E-state index contributed by atoms with van der Waals surface area (Å²) in [7, 11) is 0. The molecule has 1 aliphatic heterocycles. The second-order valence-electron chi connectivity index (χ2n) is 6.26. The molecule has 1 saturated heterocycles. The SMILES string of the molecule is CC1CCC(OC(=O)CN2CCCNCC2)CC1C. The minimum Gasteiger partial charge on any atom is -0.461 e. The maximum atomic E-state index is 12.0. The molecule has 0 aromatic carbocycles. The van der Waals surface area contributed by atoms with Gasteiger partial charge >= 0.3 is 5.97 Å². The molecule has 0 spiro atoms. The topological polar surface area (TPSA) is 41.6 Å². The van der Waals surface area contributed by atoms with Gasteiger partial charge in [0.05, 0.1) is 6.54 Å². The summed E-state index contributed by atoms with van der Waals surface area (Å²) in [6.07, 6.45) is 4.54. The molecular weight excluding hydrogens is 240 g/mol. The van der Waals surface area contributed by atoms with Gasteiger partial charge in [0.25, 0.3) is 0 Å². The van der Waals surface area contributed by atoms with Crippen molar-refractivity contribution in [3.8, 4) is 0 Å². The molecule has 0 bridgehead atoms. The van der Waals surface area contributed by atoms with Crippen molar-refractivity contribution in [2.24, 2.45) is 11.8 Å². The first-order chi connectivity index (χ1) is 9.15. The summed E-state index contributed by atoms with van der Waals surface area (Å²) in [5.41, 5.74) is 0. The van der Waals surface area contributed by atoms with Gasteiger partial charge in [-0.2, -0.15) is 0 Å². The summed E-state index contributed by atoms with van der Waals surface area (Å²) < 4.78 is 5.65. The number of carbonyl (C=O) groups is 1. The largest absolute Gasteiger partial charge is 0.461 e. The second-order valence-corrected chi connectivity index (χ2v) is 6.26. The molecule has 0 aromatic heterocycles. The van der Waals surface area contributed by atoms with Crippen LogP contribution < -0.4 is 5.32 Å². The lowest BCUT2D eigenvalue weighted by atomic mass is 9.80. The third kappa shape index (κ3) is 4.77. The Bertz CT molecular complexity index is 288. The Balaban J connectivity index is 1.71. The highest BCUT2D eigenvalue weighted by Crippen LogP contribution is 2.30. The van der Waals surface area contributed by atoms with Crippen LogP contribution in [0.4, 0.5) is 0 Å². The van der Waals surface area contributed by atoms with Gasteiger partial charge in [0.15, 0.2) is 0 Å². The van der Waals surface area contributed by atoms with E-state index in [0.29, 0.717) is 12.5 Å². The van der Waals surface area contributed by atoms with E-state index in [4.69, 9.17) is 4.74 Å². The number of rotatable bonds is 3. The average Bonchev–Trinajstić information content (AvgIpc) is 2.62. The van der Waals surface area contributed by atoms with Crippen LogP contribution in [-0.2, 0) is 9.53 Å². The Morgan fingerprint density at radius 1 is 1.21 bits per heavy atom. The maximum Gasteiger partial charge on any atom is 0.320 e. The van der Waals surface area contributed by atoms with E-state index in [1.807, 2.05) is 0 Å². The first-order valence-corrected chi connectivity index (χ1v) is 7.77. The fraction of sp³-hybridized carbons (Fsp3) is 0.933. The zero-order valence-electron chi connectivity index (χ0n) is 12.4. The van der Waals surface area contributed by atoms with Gasteiger partial charge in [-0.3, -0.25) is 9.69 Å². The summed E-state index contributed by atoms with van der Waals surface area (Å²) in [4.78, 5) is 14.2. The van der Waals surface area contributed by atoms with Crippen molar-refractivity contribution < 1.29 is 9.53 Å². The van der Waals surface area contributed by atoms with Gasteiger partial charge in [-0.1, -0.05) is 13.8 Å². The molecule has 2 aliphatic rings. The molecule has 1 N–H and O–H groups in total. The van der Waals surface area contributed by atoms with E-state index in [1.54, 1.807) is 0 Å². The van der Waals surface area contributed by atoms with E-state index in [-0.39, 0.29) is 12.1 Å². The van der Waals surface area contributed by atoms with Crippen LogP contribution in [-0.4, -0.2) is 49.7 Å². The van der Waals surface area contributed by atoms with Gasteiger partial charge in [0.1, 0.15) is 6.10 Å². The molecule has 3 atom stereocenters. The zero-order chi connectivity index (χ0) is 13.7. The van der Waals surface area contributed by atoms with Crippen LogP contribution in [0.2, 0.25) is 0 Å². The van der Waals surface area contributed by atoms with Gasteiger partial charge in [-0.25, -0.2) is 0 Å². The lowest BCUT2D eigenvalue weighted by molar-refractivity contribution is -0.153. The summed E-state index contributed by atoms with van der Waals surface area (Å²) in [5, 5.41) is 3.35. The monoisotopic (exact) mass is 268 g/mol. The van der Waals surface area contributed by atoms with Crippen molar-refractivity contribution >= 4 is 5.97 Å². The van der Waals surface area contributed by atoms with Crippen LogP contribution >= 0.6 is 0 Å². The van der Waals surface area contributed by atoms with Crippen LogP contribution in [0.1, 0.15) is 39.5 Å². The Morgan fingerprint density at radius 2 is 2.05 bits per heavy atom. The standard InChI is InChI=1S/C15H28N2O2/c1-12-4-5-14(10-13(12)2)19-15(18)11-17-8-3-6-16-7-9-17/h12-14,16H,3-11H2,1-2H3. The quantitative estimate of drug-likeness (QED) is 0.790. The second kappa shape index (κ2) is 7.25. The number of hydrogen-bond acceptors (Lipinski definition) is 4. The van der Waals surface area contributed by atoms with Crippen molar-refractivity contribution in [3.05, 3.63) is 0 Å². The Hall–Kier alpha value is -0.610. The normalized spacial score (nSPS) is 33.7. The molecular formula is C15H28N2O2. The molecule has 1 heterocycles. The van der Waals surface area contributed by atoms with Crippen LogP contribution in [0.15, 0.2) is 0 Å². The number of carbonyl (C=O) groups excluding carboxylic acids is 1. The lowest BCUT2D eigenvalue weighted by Gasteiger charge is -2.32. The Labute approximate surface area is 116 Å². The van der Waals surface area contributed by atoms with Crippen LogP contribution in [0, 0.1) is 11.8 Å². The maximum absolute atomic E-state index is 12.0. The van der Waals surface area contributed by atoms with Gasteiger partial charge in [-0.15, -0.1) is 0 Å². The van der Waals surface area contributed by atoms with Gasteiger partial charge < -0.3 is 10.1 Å². The van der Waals surface area contributed by atoms with E-state index in [2.05, 4.69) is 24.1 Å². The van der Waals surface area contributed by atoms with Crippen molar-refractivity contribution in [1.82, 2.24) is 10.2 Å². The zero-order valence-corrected chi connectivity index (χ0v) is 12.4. The highest BCUT2D eigenvalue weighted by Gasteiger charge is 2.27. The van der Waals surface area contributed by atoms with Gasteiger partial charge in [0.2, 0.25) is 0 Å². The molecule has 4 nitrogen and oxygen atoms in total. The lowest BCUT2D eigenvalue weighted by Crippen LogP contribution is -2.36. The summed E-state index contributed by atoms with van der Waals surface area (Å²) in [6, 6.07) is 0. The van der Waals surface area contributed by atoms with Crippen molar-refractivity contribution in [1.29, 1.82) is 0 Å². The molecule has 2 rings (SSSR count). The minimum absolute atomic E-state index is 0.0337. The number of esters is 1. The Morgan fingerprint density at radius 3 is 2.84 bits per heavy atom. The molecule has 1 saturated carbocycles. The highest BCUT2D eigenvalue weighted by molar-refractivity contribution is 5.71. The van der Waals surface area contributed by atoms with Crippen molar-refractivity contribution in [3.63, 3.8) is 0 Å². The fourth-order valence-electron chi connectivity index (χ4n) is 3.07. The van der Waals surface area contributed by atoms with Gasteiger partial charge in [-0.05, 0) is 50.6 Å². The predicted octanol–water partition coefficient (Wildman–Crippen LogP) is 1.65. The van der Waals surface area contributed by atoms with Gasteiger partial charge in [0, 0.05) is 13.1 Å². The first-order valence-electron chi connectivity index (χ1n) is 7.77. The van der Waals surface area contributed by atoms with E-state index in [1.165, 1.54) is 6.42 Å². The smallest absolute Gasteiger partial charge is 0.320 e. The summed E-state index contributed by atoms with van der Waals surface area (Å²) in [5.74, 6) is 1.41. The third-order valence-electron chi connectivity index (χ3n) is 4.63. The molecule has 1 aliphatic carbocycles. The minimum atomic E-state index is -0.0337. The van der Waals surface area contributed by atoms with E-state index in [0.717, 1.165) is 51.4 Å². The third-order valence-corrected chi connectivity index (χ3v) is 4.63. The highest BCUT2D eigenvalue weighted by atomic mass is 16.5. The first kappa shape index (κ1) is 14.8. The Kier molecular flexibility index (Phi) is 5.64. The predicted molar refractivity (Wildman–Crippen MR) is 76.0 cm³/mol. The van der Waals surface area contributed by atoms with E-state index < -0.39 is 0 Å². The number of nitrogens with zero attached hydrogens (tertiary/aromatic N) is 1. The molecule has 0 aromatic rings. The van der Waals surface area contributed by atoms with Crippen LogP contribution in [0.5, 0.6) is 0 Å². The average molecular weight is 268 g/mol. The fourth-order valence-corrected chi connectivity index (χ4v) is 3.07. The number of nitrogens with one attached hydrogen (secondary N) is 1. The molecule has 19 heavy (non-hydrogen) atoms.